The SMILES string of the molecule is COc1ccc(CCC(=O)Nc2cc(N3CCCS3(=O)=O)ccc2C)cc1. The Bertz CT molecular complexity index is 923. The number of carbonyl (C=O) groups is 1. The van der Waals surface area contributed by atoms with Gasteiger partial charge >= 0.3 is 0 Å². The maximum Gasteiger partial charge on any atom is 0.235 e. The average Bonchev–Trinajstić information content (AvgIpc) is 3.01. The Morgan fingerprint density at radius 2 is 1.93 bits per heavy atom. The first-order chi connectivity index (χ1) is 12.9. The number of nitrogens with one attached hydrogen (secondary N) is 1. The summed E-state index contributed by atoms with van der Waals surface area (Å²) in [6.07, 6.45) is 1.59. The van der Waals surface area contributed by atoms with Gasteiger partial charge in [0.15, 0.2) is 0 Å². The van der Waals surface area contributed by atoms with E-state index in [0.29, 0.717) is 37.2 Å². The fourth-order valence-corrected chi connectivity index (χ4v) is 4.65. The van der Waals surface area contributed by atoms with E-state index >= 15 is 0 Å². The minimum atomic E-state index is -3.24. The molecule has 2 aromatic rings. The van der Waals surface area contributed by atoms with Crippen molar-refractivity contribution in [1.29, 1.82) is 0 Å². The molecule has 3 rings (SSSR count). The van der Waals surface area contributed by atoms with Gasteiger partial charge in [0.05, 0.1) is 18.6 Å². The van der Waals surface area contributed by atoms with Crippen molar-refractivity contribution in [2.45, 2.75) is 26.2 Å². The lowest BCUT2D eigenvalue weighted by Crippen LogP contribution is -2.25. The number of anilines is 2. The van der Waals surface area contributed by atoms with Gasteiger partial charge in [0, 0.05) is 18.7 Å². The van der Waals surface area contributed by atoms with Gasteiger partial charge in [-0.05, 0) is 55.2 Å². The number of amides is 1. The molecule has 1 aliphatic rings. The van der Waals surface area contributed by atoms with Crippen molar-refractivity contribution in [3.63, 3.8) is 0 Å². The Morgan fingerprint density at radius 1 is 1.19 bits per heavy atom. The average molecular weight is 388 g/mol. The van der Waals surface area contributed by atoms with Crippen LogP contribution in [0.4, 0.5) is 11.4 Å². The summed E-state index contributed by atoms with van der Waals surface area (Å²) < 4.78 is 30.8. The lowest BCUT2D eigenvalue weighted by Gasteiger charge is -2.19. The summed E-state index contributed by atoms with van der Waals surface area (Å²) >= 11 is 0. The zero-order valence-electron chi connectivity index (χ0n) is 15.6. The van der Waals surface area contributed by atoms with Gasteiger partial charge in [0.2, 0.25) is 15.9 Å². The molecule has 0 saturated carbocycles. The molecule has 1 heterocycles. The molecular formula is C20H24N2O4S. The first kappa shape index (κ1) is 19.2. The van der Waals surface area contributed by atoms with Crippen LogP contribution >= 0.6 is 0 Å². The van der Waals surface area contributed by atoms with E-state index in [1.807, 2.05) is 37.3 Å². The maximum absolute atomic E-state index is 12.4. The summed E-state index contributed by atoms with van der Waals surface area (Å²) in [6.45, 7) is 2.37. The molecule has 0 bridgehead atoms. The molecule has 1 N–H and O–H groups in total. The molecule has 7 heteroatoms. The number of hydrogen-bond acceptors (Lipinski definition) is 4. The van der Waals surface area contributed by atoms with Crippen LogP contribution in [0.15, 0.2) is 42.5 Å². The van der Waals surface area contributed by atoms with Gasteiger partial charge in [-0.2, -0.15) is 0 Å². The first-order valence-corrected chi connectivity index (χ1v) is 10.5. The highest BCUT2D eigenvalue weighted by molar-refractivity contribution is 7.93. The predicted octanol–water partition coefficient (Wildman–Crippen LogP) is 3.11. The minimum Gasteiger partial charge on any atom is -0.497 e. The highest BCUT2D eigenvalue weighted by atomic mass is 32.2. The molecule has 27 heavy (non-hydrogen) atoms. The standard InChI is InChI=1S/C20H24N2O4S/c1-15-4-8-17(22-12-3-13-27(22,24)25)14-19(15)21-20(23)11-7-16-5-9-18(26-2)10-6-16/h4-6,8-10,14H,3,7,11-13H2,1-2H3,(H,21,23). The summed E-state index contributed by atoms with van der Waals surface area (Å²) in [5.41, 5.74) is 3.20. The van der Waals surface area contributed by atoms with Gasteiger partial charge in [-0.15, -0.1) is 0 Å². The van der Waals surface area contributed by atoms with E-state index in [9.17, 15) is 13.2 Å². The second kappa shape index (κ2) is 8.00. The van der Waals surface area contributed by atoms with Crippen molar-refractivity contribution in [2.24, 2.45) is 0 Å². The summed E-state index contributed by atoms with van der Waals surface area (Å²) in [5.74, 6) is 0.854. The number of ether oxygens (including phenoxy) is 1. The second-order valence-corrected chi connectivity index (χ2v) is 8.65. The zero-order chi connectivity index (χ0) is 19.4. The van der Waals surface area contributed by atoms with E-state index < -0.39 is 10.0 Å². The molecule has 0 aromatic heterocycles. The smallest absolute Gasteiger partial charge is 0.235 e. The number of rotatable bonds is 6. The van der Waals surface area contributed by atoms with Crippen molar-refractivity contribution < 1.29 is 17.9 Å². The summed E-state index contributed by atoms with van der Waals surface area (Å²) in [7, 11) is -1.62. The second-order valence-electron chi connectivity index (χ2n) is 6.64. The molecule has 2 aromatic carbocycles. The van der Waals surface area contributed by atoms with Crippen molar-refractivity contribution in [1.82, 2.24) is 0 Å². The fourth-order valence-electron chi connectivity index (χ4n) is 3.09. The van der Waals surface area contributed by atoms with E-state index in [-0.39, 0.29) is 11.7 Å². The lowest BCUT2D eigenvalue weighted by molar-refractivity contribution is -0.116. The Hall–Kier alpha value is -2.54. The third kappa shape index (κ3) is 4.60. The third-order valence-corrected chi connectivity index (χ3v) is 6.55. The molecule has 0 aliphatic carbocycles. The molecule has 1 amide bonds. The molecular weight excluding hydrogens is 364 g/mol. The van der Waals surface area contributed by atoms with Crippen LogP contribution in [0.1, 0.15) is 24.0 Å². The molecule has 0 atom stereocenters. The monoisotopic (exact) mass is 388 g/mol. The van der Waals surface area contributed by atoms with Gasteiger partial charge in [0.1, 0.15) is 5.75 Å². The third-order valence-electron chi connectivity index (χ3n) is 4.68. The minimum absolute atomic E-state index is 0.102. The highest BCUT2D eigenvalue weighted by Crippen LogP contribution is 2.28. The van der Waals surface area contributed by atoms with Gasteiger partial charge in [0.25, 0.3) is 0 Å². The number of sulfonamides is 1. The maximum atomic E-state index is 12.4. The van der Waals surface area contributed by atoms with Gasteiger partial charge in [-0.3, -0.25) is 9.10 Å². The van der Waals surface area contributed by atoms with Crippen LogP contribution in [-0.4, -0.2) is 33.7 Å². The molecule has 1 fully saturated rings. The number of benzene rings is 2. The number of aryl methyl sites for hydroxylation is 2. The number of carbonyl (C=O) groups excluding carboxylic acids is 1. The molecule has 6 nitrogen and oxygen atoms in total. The van der Waals surface area contributed by atoms with Crippen LogP contribution < -0.4 is 14.4 Å². The van der Waals surface area contributed by atoms with Crippen LogP contribution in [0, 0.1) is 6.92 Å². The Labute approximate surface area is 160 Å². The molecule has 144 valence electrons. The topological polar surface area (TPSA) is 75.7 Å². The molecule has 1 aliphatic heterocycles. The van der Waals surface area contributed by atoms with Crippen molar-refractivity contribution in [3.8, 4) is 5.75 Å². The van der Waals surface area contributed by atoms with E-state index in [2.05, 4.69) is 5.32 Å². The number of nitrogens with zero attached hydrogens (tertiary/aromatic N) is 1. The van der Waals surface area contributed by atoms with Crippen molar-refractivity contribution in [2.75, 3.05) is 29.0 Å². The highest BCUT2D eigenvalue weighted by Gasteiger charge is 2.28. The van der Waals surface area contributed by atoms with E-state index in [1.54, 1.807) is 19.2 Å². The molecule has 1 saturated heterocycles. The van der Waals surface area contributed by atoms with E-state index in [1.165, 1.54) is 4.31 Å². The van der Waals surface area contributed by atoms with Crippen molar-refractivity contribution in [3.05, 3.63) is 53.6 Å². The predicted molar refractivity (Wildman–Crippen MR) is 107 cm³/mol. The van der Waals surface area contributed by atoms with Crippen LogP contribution in [0.5, 0.6) is 5.75 Å². The first-order valence-electron chi connectivity index (χ1n) is 8.93. The van der Waals surface area contributed by atoms with Crippen LogP contribution in [0.3, 0.4) is 0 Å². The van der Waals surface area contributed by atoms with Crippen molar-refractivity contribution >= 4 is 27.3 Å². The lowest BCUT2D eigenvalue weighted by atomic mass is 10.1. The number of methoxy groups -OCH3 is 1. The molecule has 0 spiro atoms. The van der Waals surface area contributed by atoms with Crippen LogP contribution in [-0.2, 0) is 21.2 Å². The molecule has 0 radical (unpaired) electrons. The summed E-state index contributed by atoms with van der Waals surface area (Å²) in [5, 5.41) is 2.91. The Kier molecular flexibility index (Phi) is 5.70. The fraction of sp³-hybridized carbons (Fsp3) is 0.350. The Balaban J connectivity index is 1.65. The number of hydrogen-bond donors (Lipinski definition) is 1. The van der Waals surface area contributed by atoms with E-state index in [0.717, 1.165) is 16.9 Å². The van der Waals surface area contributed by atoms with Crippen LogP contribution in [0.2, 0.25) is 0 Å². The molecule has 0 unspecified atom stereocenters. The summed E-state index contributed by atoms with van der Waals surface area (Å²) in [6, 6.07) is 13.0. The summed E-state index contributed by atoms with van der Waals surface area (Å²) in [4.78, 5) is 12.4. The normalized spacial score (nSPS) is 15.6. The zero-order valence-corrected chi connectivity index (χ0v) is 16.4. The van der Waals surface area contributed by atoms with Gasteiger partial charge in [-0.25, -0.2) is 8.42 Å². The largest absolute Gasteiger partial charge is 0.497 e. The van der Waals surface area contributed by atoms with Gasteiger partial charge < -0.3 is 10.1 Å². The van der Waals surface area contributed by atoms with Gasteiger partial charge in [-0.1, -0.05) is 18.2 Å². The van der Waals surface area contributed by atoms with E-state index in [4.69, 9.17) is 4.74 Å². The quantitative estimate of drug-likeness (QED) is 0.825. The van der Waals surface area contributed by atoms with Crippen LogP contribution in [0.25, 0.3) is 0 Å². The Morgan fingerprint density at radius 3 is 2.56 bits per heavy atom.